The zero-order valence-electron chi connectivity index (χ0n) is 11.9. The van der Waals surface area contributed by atoms with Crippen LogP contribution in [0.15, 0.2) is 22.7 Å². The molecule has 106 valence electrons. The molecule has 1 aromatic rings. The Morgan fingerprint density at radius 3 is 2.63 bits per heavy atom. The van der Waals surface area contributed by atoms with E-state index in [2.05, 4.69) is 42.8 Å². The van der Waals surface area contributed by atoms with Crippen molar-refractivity contribution in [1.82, 2.24) is 0 Å². The average Bonchev–Trinajstić information content (AvgIpc) is 2.30. The fourth-order valence-electron chi connectivity index (χ4n) is 2.67. The number of aryl methyl sites for hydroxylation is 1. The van der Waals surface area contributed by atoms with E-state index in [4.69, 9.17) is 9.47 Å². The Balaban J connectivity index is 1.80. The quantitative estimate of drug-likeness (QED) is 0.911. The Morgan fingerprint density at radius 2 is 2.00 bits per heavy atom. The van der Waals surface area contributed by atoms with E-state index in [-0.39, 0.29) is 0 Å². The molecule has 0 aliphatic carbocycles. The molecule has 1 heterocycles. The summed E-state index contributed by atoms with van der Waals surface area (Å²) >= 11 is 3.47. The van der Waals surface area contributed by atoms with E-state index in [1.54, 1.807) is 4.90 Å². The first-order valence-corrected chi connectivity index (χ1v) is 7.72. The molecule has 1 N–H and O–H groups in total. The van der Waals surface area contributed by atoms with Gasteiger partial charge in [0.05, 0.1) is 0 Å². The zero-order valence-corrected chi connectivity index (χ0v) is 13.5. The summed E-state index contributed by atoms with van der Waals surface area (Å²) in [6, 6.07) is 6.13. The Kier molecular flexibility index (Phi) is 5.25. The monoisotopic (exact) mass is 328 g/mol. The van der Waals surface area contributed by atoms with Gasteiger partial charge in [-0.1, -0.05) is 15.9 Å². The minimum atomic E-state index is 0.355. The molecule has 2 rings (SSSR count). The highest BCUT2D eigenvalue weighted by Gasteiger charge is 2.25. The van der Waals surface area contributed by atoms with Gasteiger partial charge in [-0.25, -0.2) is 0 Å². The average molecular weight is 329 g/mol. The molecular weight excluding hydrogens is 306 g/mol. The van der Waals surface area contributed by atoms with Crippen molar-refractivity contribution in [2.75, 3.05) is 26.2 Å². The molecule has 4 heteroatoms. The first-order valence-electron chi connectivity index (χ1n) is 6.92. The molecule has 3 nitrogen and oxygen atoms in total. The predicted octanol–water partition coefficient (Wildman–Crippen LogP) is 1.83. The van der Waals surface area contributed by atoms with E-state index in [0.29, 0.717) is 12.2 Å². The van der Waals surface area contributed by atoms with Crippen LogP contribution in [0.4, 0.5) is 0 Å². The Hall–Kier alpha value is -0.580. The predicted molar refractivity (Wildman–Crippen MR) is 79.9 cm³/mol. The van der Waals surface area contributed by atoms with Gasteiger partial charge in [0.15, 0.2) is 0 Å². The lowest BCUT2D eigenvalue weighted by molar-refractivity contribution is -0.915. The zero-order chi connectivity index (χ0) is 13.8. The largest absolute Gasteiger partial charge is 0.487 e. The van der Waals surface area contributed by atoms with Gasteiger partial charge in [-0.2, -0.15) is 0 Å². The van der Waals surface area contributed by atoms with E-state index in [1.807, 2.05) is 12.1 Å². The molecule has 0 saturated carbocycles. The van der Waals surface area contributed by atoms with Gasteiger partial charge in [0.25, 0.3) is 0 Å². The number of benzene rings is 1. The minimum Gasteiger partial charge on any atom is -0.487 e. The van der Waals surface area contributed by atoms with Crippen molar-refractivity contribution in [2.24, 2.45) is 0 Å². The molecule has 1 aromatic carbocycles. The van der Waals surface area contributed by atoms with Gasteiger partial charge in [0.2, 0.25) is 0 Å². The molecule has 19 heavy (non-hydrogen) atoms. The van der Waals surface area contributed by atoms with Gasteiger partial charge >= 0.3 is 0 Å². The summed E-state index contributed by atoms with van der Waals surface area (Å²) in [5.74, 6) is 0.983. The van der Waals surface area contributed by atoms with E-state index < -0.39 is 0 Å². The van der Waals surface area contributed by atoms with E-state index >= 15 is 0 Å². The first-order chi connectivity index (χ1) is 9.04. The smallest absolute Gasteiger partial charge is 0.137 e. The summed E-state index contributed by atoms with van der Waals surface area (Å²) in [5.41, 5.74) is 1.17. The van der Waals surface area contributed by atoms with Crippen LogP contribution in [0.25, 0.3) is 0 Å². The summed E-state index contributed by atoms with van der Waals surface area (Å²) in [6.45, 7) is 10.3. The fourth-order valence-corrected chi connectivity index (χ4v) is 3.15. The first kappa shape index (κ1) is 14.8. The second kappa shape index (κ2) is 6.73. The molecule has 0 unspecified atom stereocenters. The maximum absolute atomic E-state index is 5.88. The van der Waals surface area contributed by atoms with Crippen LogP contribution < -0.4 is 9.64 Å². The highest BCUT2D eigenvalue weighted by atomic mass is 79.9. The van der Waals surface area contributed by atoms with Gasteiger partial charge in [0, 0.05) is 4.47 Å². The molecule has 1 aliphatic heterocycles. The van der Waals surface area contributed by atoms with Crippen molar-refractivity contribution in [3.63, 3.8) is 0 Å². The number of nitrogens with one attached hydrogen (secondary N) is 1. The molecule has 0 radical (unpaired) electrons. The second-order valence-corrected chi connectivity index (χ2v) is 6.34. The summed E-state index contributed by atoms with van der Waals surface area (Å²) < 4.78 is 12.7. The molecule has 0 bridgehead atoms. The molecule has 2 atom stereocenters. The summed E-state index contributed by atoms with van der Waals surface area (Å²) in [4.78, 5) is 1.57. The van der Waals surface area contributed by atoms with Gasteiger partial charge in [-0.05, 0) is 44.5 Å². The van der Waals surface area contributed by atoms with Crippen molar-refractivity contribution >= 4 is 15.9 Å². The highest BCUT2D eigenvalue weighted by Crippen LogP contribution is 2.21. The topological polar surface area (TPSA) is 22.9 Å². The van der Waals surface area contributed by atoms with Crippen LogP contribution in [0.2, 0.25) is 0 Å². The Labute approximate surface area is 124 Å². The van der Waals surface area contributed by atoms with Crippen molar-refractivity contribution in [3.8, 4) is 5.75 Å². The van der Waals surface area contributed by atoms with Crippen LogP contribution >= 0.6 is 15.9 Å². The normalized spacial score (nSPS) is 27.3. The van der Waals surface area contributed by atoms with Crippen molar-refractivity contribution in [3.05, 3.63) is 28.2 Å². The van der Waals surface area contributed by atoms with Crippen molar-refractivity contribution < 1.29 is 14.4 Å². The van der Waals surface area contributed by atoms with Crippen LogP contribution in [0.3, 0.4) is 0 Å². The second-order valence-electron chi connectivity index (χ2n) is 5.42. The molecule has 0 amide bonds. The van der Waals surface area contributed by atoms with Gasteiger partial charge in [0.1, 0.15) is 44.2 Å². The third-order valence-electron chi connectivity index (χ3n) is 3.47. The van der Waals surface area contributed by atoms with Crippen LogP contribution in [0, 0.1) is 6.92 Å². The lowest BCUT2D eigenvalue weighted by Gasteiger charge is -2.32. The lowest BCUT2D eigenvalue weighted by Crippen LogP contribution is -3.16. The number of ether oxygens (including phenoxy) is 2. The van der Waals surface area contributed by atoms with E-state index in [1.165, 1.54) is 5.56 Å². The number of hydrogen-bond donors (Lipinski definition) is 1. The Morgan fingerprint density at radius 1 is 1.32 bits per heavy atom. The molecular formula is C15H23BrNO2+. The summed E-state index contributed by atoms with van der Waals surface area (Å²) in [7, 11) is 0. The molecule has 0 spiro atoms. The highest BCUT2D eigenvalue weighted by molar-refractivity contribution is 9.10. The number of hydrogen-bond acceptors (Lipinski definition) is 2. The maximum atomic E-state index is 5.88. The van der Waals surface area contributed by atoms with Crippen molar-refractivity contribution in [2.45, 2.75) is 33.0 Å². The molecule has 1 fully saturated rings. The van der Waals surface area contributed by atoms with Gasteiger partial charge in [-0.3, -0.25) is 0 Å². The van der Waals surface area contributed by atoms with Crippen LogP contribution in [0.1, 0.15) is 19.4 Å². The van der Waals surface area contributed by atoms with E-state index in [0.717, 1.165) is 36.5 Å². The number of quaternary nitrogens is 1. The molecule has 0 aromatic heterocycles. The van der Waals surface area contributed by atoms with E-state index in [9.17, 15) is 0 Å². The third-order valence-corrected chi connectivity index (χ3v) is 3.96. The third kappa shape index (κ3) is 4.48. The lowest BCUT2D eigenvalue weighted by atomic mass is 10.2. The summed E-state index contributed by atoms with van der Waals surface area (Å²) in [5, 5.41) is 0. The van der Waals surface area contributed by atoms with Crippen molar-refractivity contribution in [1.29, 1.82) is 0 Å². The Bertz CT molecular complexity index is 415. The van der Waals surface area contributed by atoms with Crippen LogP contribution in [-0.4, -0.2) is 38.4 Å². The van der Waals surface area contributed by atoms with Crippen LogP contribution in [0.5, 0.6) is 5.75 Å². The standard InChI is InChI=1S/C15H22BrNO2/c1-11-8-14(16)4-5-15(11)18-7-6-17-9-12(2)19-13(3)10-17/h4-5,8,12-13H,6-7,9-10H2,1-3H3/p+1/t12-,13-/m0/s1. The van der Waals surface area contributed by atoms with Gasteiger partial charge < -0.3 is 14.4 Å². The maximum Gasteiger partial charge on any atom is 0.137 e. The number of halogens is 1. The molecule has 1 saturated heterocycles. The minimum absolute atomic E-state index is 0.355. The number of rotatable bonds is 4. The fraction of sp³-hybridized carbons (Fsp3) is 0.600. The van der Waals surface area contributed by atoms with Gasteiger partial charge in [-0.15, -0.1) is 0 Å². The number of morpholine rings is 1. The molecule has 1 aliphatic rings. The SMILES string of the molecule is Cc1cc(Br)ccc1OCC[NH+]1C[C@H](C)O[C@@H](C)C1. The van der Waals surface area contributed by atoms with Crippen LogP contribution in [-0.2, 0) is 4.74 Å². The summed E-state index contributed by atoms with van der Waals surface area (Å²) in [6.07, 6.45) is 0.710.